The summed E-state index contributed by atoms with van der Waals surface area (Å²) in [7, 11) is 3.07. The summed E-state index contributed by atoms with van der Waals surface area (Å²) in [5.41, 5.74) is 3.85. The van der Waals surface area contributed by atoms with Gasteiger partial charge in [0, 0.05) is 38.8 Å². The van der Waals surface area contributed by atoms with Gasteiger partial charge < -0.3 is 18.8 Å². The molecule has 0 bridgehead atoms. The van der Waals surface area contributed by atoms with Crippen LogP contribution in [0.4, 0.5) is 0 Å². The molecule has 3 aromatic rings. The molecule has 1 heterocycles. The van der Waals surface area contributed by atoms with Crippen LogP contribution in [0, 0.1) is 13.8 Å². The minimum atomic E-state index is -0.620. The van der Waals surface area contributed by atoms with Crippen LogP contribution in [0.1, 0.15) is 27.3 Å². The summed E-state index contributed by atoms with van der Waals surface area (Å²) in [5, 5.41) is 0. The molecular formula is C25H24BrNO5. The van der Waals surface area contributed by atoms with E-state index in [-0.39, 0.29) is 12.4 Å². The lowest BCUT2D eigenvalue weighted by Crippen LogP contribution is -2.13. The standard InChI is InChI=1S/C25H24BrNO5/c1-16-14-21(17(2)27(16)20-11-9-19(26)10-12-20)22(28)15-32-24(29)13-8-18-6-5-7-23(30-3)25(18)31-4/h5-14H,15H2,1-4H3/b13-8+. The van der Waals surface area contributed by atoms with Gasteiger partial charge in [0.25, 0.3) is 0 Å². The van der Waals surface area contributed by atoms with Gasteiger partial charge in [0.15, 0.2) is 18.1 Å². The largest absolute Gasteiger partial charge is 0.493 e. The van der Waals surface area contributed by atoms with Crippen molar-refractivity contribution < 1.29 is 23.8 Å². The SMILES string of the molecule is COc1cccc(/C=C/C(=O)OCC(=O)c2cc(C)n(-c3ccc(Br)cc3)c2C)c1OC. The number of carbonyl (C=O) groups is 2. The number of rotatable bonds is 8. The molecule has 166 valence electrons. The summed E-state index contributed by atoms with van der Waals surface area (Å²) in [6.45, 7) is 3.46. The van der Waals surface area contributed by atoms with E-state index in [4.69, 9.17) is 14.2 Å². The summed E-state index contributed by atoms with van der Waals surface area (Å²) in [6, 6.07) is 15.0. The molecular weight excluding hydrogens is 474 g/mol. The van der Waals surface area contributed by atoms with E-state index in [9.17, 15) is 9.59 Å². The number of hydrogen-bond donors (Lipinski definition) is 0. The van der Waals surface area contributed by atoms with Crippen LogP contribution in [-0.2, 0) is 9.53 Å². The normalized spacial score (nSPS) is 10.9. The van der Waals surface area contributed by atoms with E-state index in [0.29, 0.717) is 22.6 Å². The number of aromatic nitrogens is 1. The Bertz CT molecular complexity index is 1160. The minimum Gasteiger partial charge on any atom is -0.493 e. The molecule has 0 aliphatic rings. The molecule has 0 unspecified atom stereocenters. The summed E-state index contributed by atoms with van der Waals surface area (Å²) in [4.78, 5) is 24.9. The summed E-state index contributed by atoms with van der Waals surface area (Å²) in [6.07, 6.45) is 2.82. The molecule has 0 aliphatic heterocycles. The van der Waals surface area contributed by atoms with E-state index in [2.05, 4.69) is 15.9 Å². The molecule has 32 heavy (non-hydrogen) atoms. The van der Waals surface area contributed by atoms with Crippen LogP contribution in [0.15, 0.2) is 59.1 Å². The Kier molecular flexibility index (Phi) is 7.53. The molecule has 0 aliphatic carbocycles. The smallest absolute Gasteiger partial charge is 0.331 e. The Labute approximate surface area is 195 Å². The molecule has 0 amide bonds. The highest BCUT2D eigenvalue weighted by Gasteiger charge is 2.18. The first kappa shape index (κ1) is 23.3. The van der Waals surface area contributed by atoms with Crippen LogP contribution in [0.3, 0.4) is 0 Å². The van der Waals surface area contributed by atoms with Gasteiger partial charge in [0.2, 0.25) is 5.78 Å². The number of ether oxygens (including phenoxy) is 3. The lowest BCUT2D eigenvalue weighted by molar-refractivity contribution is -0.136. The first-order valence-corrected chi connectivity index (χ1v) is 10.7. The van der Waals surface area contributed by atoms with Gasteiger partial charge >= 0.3 is 5.97 Å². The number of esters is 1. The van der Waals surface area contributed by atoms with Crippen molar-refractivity contribution >= 4 is 33.8 Å². The van der Waals surface area contributed by atoms with Crippen molar-refractivity contribution in [1.29, 1.82) is 0 Å². The van der Waals surface area contributed by atoms with Gasteiger partial charge in [0.1, 0.15) is 0 Å². The predicted octanol–water partition coefficient (Wildman–Crippen LogP) is 5.31. The van der Waals surface area contributed by atoms with Crippen molar-refractivity contribution in [2.45, 2.75) is 13.8 Å². The van der Waals surface area contributed by atoms with Crippen LogP contribution < -0.4 is 9.47 Å². The third kappa shape index (κ3) is 5.11. The number of hydrogen-bond acceptors (Lipinski definition) is 5. The Balaban J connectivity index is 1.69. The maximum absolute atomic E-state index is 12.7. The van der Waals surface area contributed by atoms with E-state index < -0.39 is 5.97 Å². The van der Waals surface area contributed by atoms with Gasteiger partial charge in [-0.15, -0.1) is 0 Å². The summed E-state index contributed by atoms with van der Waals surface area (Å²) >= 11 is 3.43. The van der Waals surface area contributed by atoms with E-state index in [0.717, 1.165) is 21.5 Å². The molecule has 0 atom stereocenters. The quantitative estimate of drug-likeness (QED) is 0.239. The van der Waals surface area contributed by atoms with Crippen LogP contribution in [0.5, 0.6) is 11.5 Å². The first-order valence-electron chi connectivity index (χ1n) is 9.89. The number of para-hydroxylation sites is 1. The monoisotopic (exact) mass is 497 g/mol. The second kappa shape index (κ2) is 10.3. The highest BCUT2D eigenvalue weighted by atomic mass is 79.9. The van der Waals surface area contributed by atoms with Crippen LogP contribution in [0.25, 0.3) is 11.8 Å². The molecule has 0 fully saturated rings. The van der Waals surface area contributed by atoms with Crippen molar-refractivity contribution in [3.05, 3.63) is 81.6 Å². The molecule has 0 saturated carbocycles. The van der Waals surface area contributed by atoms with Crippen molar-refractivity contribution in [2.75, 3.05) is 20.8 Å². The lowest BCUT2D eigenvalue weighted by Gasteiger charge is -2.10. The minimum absolute atomic E-state index is 0.262. The molecule has 1 aromatic heterocycles. The zero-order valence-electron chi connectivity index (χ0n) is 18.3. The Morgan fingerprint density at radius 1 is 1.03 bits per heavy atom. The van der Waals surface area contributed by atoms with E-state index in [1.54, 1.807) is 31.4 Å². The number of methoxy groups -OCH3 is 2. The van der Waals surface area contributed by atoms with Crippen molar-refractivity contribution in [1.82, 2.24) is 4.57 Å². The molecule has 0 saturated heterocycles. The second-order valence-corrected chi connectivity index (χ2v) is 7.96. The fourth-order valence-electron chi connectivity index (χ4n) is 3.50. The first-order chi connectivity index (χ1) is 15.3. The molecule has 0 N–H and O–H groups in total. The Morgan fingerprint density at radius 2 is 1.75 bits per heavy atom. The Morgan fingerprint density at radius 3 is 2.41 bits per heavy atom. The van der Waals surface area contributed by atoms with Gasteiger partial charge in [-0.05, 0) is 56.3 Å². The number of halogens is 1. The highest BCUT2D eigenvalue weighted by Crippen LogP contribution is 2.31. The average molecular weight is 498 g/mol. The third-order valence-corrected chi connectivity index (χ3v) is 5.52. The number of aryl methyl sites for hydroxylation is 1. The maximum Gasteiger partial charge on any atom is 0.331 e. The number of ketones is 1. The fourth-order valence-corrected chi connectivity index (χ4v) is 3.76. The number of nitrogens with zero attached hydrogens (tertiary/aromatic N) is 1. The van der Waals surface area contributed by atoms with E-state index >= 15 is 0 Å². The topological polar surface area (TPSA) is 66.8 Å². The van der Waals surface area contributed by atoms with Crippen molar-refractivity contribution in [3.63, 3.8) is 0 Å². The summed E-state index contributed by atoms with van der Waals surface area (Å²) in [5.74, 6) is 0.182. The van der Waals surface area contributed by atoms with Crippen LogP contribution in [-0.4, -0.2) is 37.1 Å². The molecule has 3 rings (SSSR count). The lowest BCUT2D eigenvalue weighted by atomic mass is 10.1. The zero-order valence-corrected chi connectivity index (χ0v) is 19.9. The average Bonchev–Trinajstić information content (AvgIpc) is 3.10. The Hall–Kier alpha value is -3.32. The van der Waals surface area contributed by atoms with E-state index in [1.807, 2.05) is 48.7 Å². The third-order valence-electron chi connectivity index (χ3n) is 4.99. The number of benzene rings is 2. The van der Waals surface area contributed by atoms with Crippen LogP contribution >= 0.6 is 15.9 Å². The maximum atomic E-state index is 12.7. The van der Waals surface area contributed by atoms with Gasteiger partial charge in [-0.3, -0.25) is 4.79 Å². The molecule has 6 nitrogen and oxygen atoms in total. The molecule has 0 radical (unpaired) electrons. The molecule has 0 spiro atoms. The zero-order chi connectivity index (χ0) is 23.3. The van der Waals surface area contributed by atoms with E-state index in [1.165, 1.54) is 13.2 Å². The van der Waals surface area contributed by atoms with Crippen LogP contribution in [0.2, 0.25) is 0 Å². The molecule has 2 aromatic carbocycles. The van der Waals surface area contributed by atoms with Crippen molar-refractivity contribution in [2.24, 2.45) is 0 Å². The number of carbonyl (C=O) groups excluding carboxylic acids is 2. The second-order valence-electron chi connectivity index (χ2n) is 7.04. The molecule has 7 heteroatoms. The predicted molar refractivity (Wildman–Crippen MR) is 127 cm³/mol. The number of Topliss-reactive ketones (excluding diaryl/α,β-unsaturated/α-hetero) is 1. The summed E-state index contributed by atoms with van der Waals surface area (Å²) < 4.78 is 18.7. The highest BCUT2D eigenvalue weighted by molar-refractivity contribution is 9.10. The van der Waals surface area contributed by atoms with Crippen molar-refractivity contribution in [3.8, 4) is 17.2 Å². The fraction of sp³-hybridized carbons (Fsp3) is 0.200. The van der Waals surface area contributed by atoms with Gasteiger partial charge in [-0.1, -0.05) is 28.1 Å². The van der Waals surface area contributed by atoms with Gasteiger partial charge in [-0.2, -0.15) is 0 Å². The van der Waals surface area contributed by atoms with Gasteiger partial charge in [-0.25, -0.2) is 4.79 Å². The van der Waals surface area contributed by atoms with Gasteiger partial charge in [0.05, 0.1) is 14.2 Å².